The van der Waals surface area contributed by atoms with Gasteiger partial charge in [0.15, 0.2) is 0 Å². The van der Waals surface area contributed by atoms with E-state index >= 15 is 0 Å². The van der Waals surface area contributed by atoms with Crippen molar-refractivity contribution in [2.45, 2.75) is 26.9 Å². The Bertz CT molecular complexity index is 566. The first-order valence-corrected chi connectivity index (χ1v) is 6.66. The molecule has 0 unspecified atom stereocenters. The number of nitrogens with one attached hydrogen (secondary N) is 1. The first-order chi connectivity index (χ1) is 9.11. The minimum atomic E-state index is -0.370. The molecule has 1 aromatic carbocycles. The molecule has 0 fully saturated rings. The van der Waals surface area contributed by atoms with E-state index in [0.29, 0.717) is 12.1 Å². The third kappa shape index (κ3) is 3.33. The molecule has 0 amide bonds. The monoisotopic (exact) mass is 281 g/mol. The maximum Gasteiger partial charge on any atom is 0.146 e. The first kappa shape index (κ1) is 14.0. The van der Waals surface area contributed by atoms with Crippen LogP contribution >= 0.6 is 11.6 Å². The molecule has 0 aliphatic carbocycles. The molecule has 1 heterocycles. The van der Waals surface area contributed by atoms with Crippen LogP contribution in [0.25, 0.3) is 0 Å². The van der Waals surface area contributed by atoms with Crippen molar-refractivity contribution >= 4 is 11.6 Å². The molecule has 0 saturated heterocycles. The summed E-state index contributed by atoms with van der Waals surface area (Å²) >= 11 is 5.77. The van der Waals surface area contributed by atoms with Crippen molar-refractivity contribution in [3.05, 3.63) is 52.1 Å². The van der Waals surface area contributed by atoms with Gasteiger partial charge in [0.2, 0.25) is 0 Å². The van der Waals surface area contributed by atoms with E-state index in [9.17, 15) is 4.39 Å². The number of aromatic nitrogens is 2. The lowest BCUT2D eigenvalue weighted by atomic mass is 10.2. The Morgan fingerprint density at radius 1 is 1.37 bits per heavy atom. The van der Waals surface area contributed by atoms with Gasteiger partial charge in [-0.15, -0.1) is 0 Å². The summed E-state index contributed by atoms with van der Waals surface area (Å²) in [5.41, 5.74) is 2.64. The standard InChI is InChI=1S/C14H17ClFN3/c1-3-17-7-12-9-19(18-10(12)2)8-11-5-4-6-13(15)14(11)16/h4-6,9,17H,3,7-8H2,1-2H3. The van der Waals surface area contributed by atoms with Gasteiger partial charge in [-0.3, -0.25) is 4.68 Å². The predicted octanol–water partition coefficient (Wildman–Crippen LogP) is 3.14. The van der Waals surface area contributed by atoms with Crippen molar-refractivity contribution in [1.82, 2.24) is 15.1 Å². The molecule has 0 aliphatic rings. The van der Waals surface area contributed by atoms with Gasteiger partial charge in [0, 0.05) is 23.9 Å². The lowest BCUT2D eigenvalue weighted by Crippen LogP contribution is -2.11. The highest BCUT2D eigenvalue weighted by molar-refractivity contribution is 6.30. The average Bonchev–Trinajstić information content (AvgIpc) is 2.73. The van der Waals surface area contributed by atoms with Crippen LogP contribution in [-0.2, 0) is 13.1 Å². The summed E-state index contributed by atoms with van der Waals surface area (Å²) in [5.74, 6) is -0.370. The fraction of sp³-hybridized carbons (Fsp3) is 0.357. The number of halogens is 2. The number of aryl methyl sites for hydroxylation is 1. The molecule has 2 rings (SSSR count). The normalized spacial score (nSPS) is 10.9. The van der Waals surface area contributed by atoms with E-state index in [1.165, 1.54) is 0 Å². The van der Waals surface area contributed by atoms with Crippen molar-refractivity contribution in [3.8, 4) is 0 Å². The van der Waals surface area contributed by atoms with E-state index in [0.717, 1.165) is 24.3 Å². The van der Waals surface area contributed by atoms with Crippen LogP contribution in [0.15, 0.2) is 24.4 Å². The number of nitrogens with zero attached hydrogens (tertiary/aromatic N) is 2. The van der Waals surface area contributed by atoms with Crippen LogP contribution in [0.3, 0.4) is 0 Å². The van der Waals surface area contributed by atoms with Crippen LogP contribution in [0.1, 0.15) is 23.7 Å². The summed E-state index contributed by atoms with van der Waals surface area (Å²) in [4.78, 5) is 0. The van der Waals surface area contributed by atoms with Crippen molar-refractivity contribution in [2.24, 2.45) is 0 Å². The van der Waals surface area contributed by atoms with Crippen molar-refractivity contribution in [2.75, 3.05) is 6.54 Å². The highest BCUT2D eigenvalue weighted by atomic mass is 35.5. The maximum atomic E-state index is 13.8. The maximum absolute atomic E-state index is 13.8. The first-order valence-electron chi connectivity index (χ1n) is 6.28. The highest BCUT2D eigenvalue weighted by Gasteiger charge is 2.09. The Morgan fingerprint density at radius 3 is 2.89 bits per heavy atom. The Kier molecular flexibility index (Phi) is 4.56. The summed E-state index contributed by atoms with van der Waals surface area (Å²) in [6.07, 6.45) is 1.94. The number of benzene rings is 1. The smallest absolute Gasteiger partial charge is 0.146 e. The second kappa shape index (κ2) is 6.17. The Morgan fingerprint density at radius 2 is 2.16 bits per heavy atom. The van der Waals surface area contributed by atoms with Crippen LogP contribution in [0, 0.1) is 12.7 Å². The molecule has 1 aromatic heterocycles. The summed E-state index contributed by atoms with van der Waals surface area (Å²) < 4.78 is 15.6. The third-order valence-corrected chi connectivity index (χ3v) is 3.27. The fourth-order valence-corrected chi connectivity index (χ4v) is 2.11. The molecular formula is C14H17ClFN3. The van der Waals surface area contributed by atoms with Crippen LogP contribution in [-0.4, -0.2) is 16.3 Å². The van der Waals surface area contributed by atoms with Crippen molar-refractivity contribution < 1.29 is 4.39 Å². The fourth-order valence-electron chi connectivity index (χ4n) is 1.92. The van der Waals surface area contributed by atoms with Gasteiger partial charge in [0.05, 0.1) is 17.3 Å². The molecule has 0 saturated carbocycles. The summed E-state index contributed by atoms with van der Waals surface area (Å²) in [5, 5.41) is 7.80. The average molecular weight is 282 g/mol. The topological polar surface area (TPSA) is 29.9 Å². The van der Waals surface area contributed by atoms with Gasteiger partial charge >= 0.3 is 0 Å². The lowest BCUT2D eigenvalue weighted by Gasteiger charge is -2.04. The summed E-state index contributed by atoms with van der Waals surface area (Å²) in [7, 11) is 0. The molecule has 2 aromatic rings. The minimum Gasteiger partial charge on any atom is -0.313 e. The largest absolute Gasteiger partial charge is 0.313 e. The molecule has 0 spiro atoms. The minimum absolute atomic E-state index is 0.147. The Balaban J connectivity index is 2.17. The molecule has 1 N–H and O–H groups in total. The van der Waals surface area contributed by atoms with Crippen LogP contribution in [0.2, 0.25) is 5.02 Å². The molecule has 0 bridgehead atoms. The molecular weight excluding hydrogens is 265 g/mol. The van der Waals surface area contributed by atoms with E-state index < -0.39 is 0 Å². The van der Waals surface area contributed by atoms with Crippen molar-refractivity contribution in [3.63, 3.8) is 0 Å². The predicted molar refractivity (Wildman–Crippen MR) is 74.9 cm³/mol. The number of hydrogen-bond acceptors (Lipinski definition) is 2. The van der Waals surface area contributed by atoms with Gasteiger partial charge in [-0.1, -0.05) is 30.7 Å². The van der Waals surface area contributed by atoms with Crippen LogP contribution < -0.4 is 5.32 Å². The van der Waals surface area contributed by atoms with Gasteiger partial charge in [0.1, 0.15) is 5.82 Å². The quantitative estimate of drug-likeness (QED) is 0.912. The number of hydrogen-bond donors (Lipinski definition) is 1. The van der Waals surface area contributed by atoms with Gasteiger partial charge < -0.3 is 5.32 Å². The van der Waals surface area contributed by atoms with Crippen LogP contribution in [0.4, 0.5) is 4.39 Å². The van der Waals surface area contributed by atoms with E-state index in [4.69, 9.17) is 11.6 Å². The summed E-state index contributed by atoms with van der Waals surface area (Å²) in [6.45, 7) is 6.09. The molecule has 0 radical (unpaired) electrons. The van der Waals surface area contributed by atoms with Gasteiger partial charge in [-0.05, 0) is 19.5 Å². The molecule has 0 aliphatic heterocycles. The van der Waals surface area contributed by atoms with E-state index in [1.807, 2.05) is 13.1 Å². The van der Waals surface area contributed by atoms with E-state index in [1.54, 1.807) is 22.9 Å². The molecule has 5 heteroatoms. The van der Waals surface area contributed by atoms with Crippen molar-refractivity contribution in [1.29, 1.82) is 0 Å². The van der Waals surface area contributed by atoms with Crippen LogP contribution in [0.5, 0.6) is 0 Å². The molecule has 102 valence electrons. The molecule has 19 heavy (non-hydrogen) atoms. The lowest BCUT2D eigenvalue weighted by molar-refractivity contribution is 0.584. The van der Waals surface area contributed by atoms with E-state index in [2.05, 4.69) is 17.3 Å². The molecule has 0 atom stereocenters. The zero-order valence-electron chi connectivity index (χ0n) is 11.1. The van der Waals surface area contributed by atoms with Gasteiger partial charge in [0.25, 0.3) is 0 Å². The second-order valence-electron chi connectivity index (χ2n) is 4.43. The highest BCUT2D eigenvalue weighted by Crippen LogP contribution is 2.19. The van der Waals surface area contributed by atoms with Gasteiger partial charge in [-0.25, -0.2) is 4.39 Å². The third-order valence-electron chi connectivity index (χ3n) is 2.98. The molecule has 3 nitrogen and oxygen atoms in total. The zero-order chi connectivity index (χ0) is 13.8. The zero-order valence-corrected chi connectivity index (χ0v) is 11.8. The SMILES string of the molecule is CCNCc1cn(Cc2cccc(Cl)c2F)nc1C. The van der Waals surface area contributed by atoms with Gasteiger partial charge in [-0.2, -0.15) is 5.10 Å². The second-order valence-corrected chi connectivity index (χ2v) is 4.84. The Hall–Kier alpha value is -1.39. The number of rotatable bonds is 5. The summed E-state index contributed by atoms with van der Waals surface area (Å²) in [6, 6.07) is 5.02. The Labute approximate surface area is 117 Å². The van der Waals surface area contributed by atoms with E-state index in [-0.39, 0.29) is 10.8 Å².